The number of likely N-dealkylation sites (tertiary alicyclic amines) is 1. The van der Waals surface area contributed by atoms with Crippen molar-refractivity contribution in [2.45, 2.75) is 12.8 Å². The van der Waals surface area contributed by atoms with Crippen LogP contribution in [0.25, 0.3) is 0 Å². The summed E-state index contributed by atoms with van der Waals surface area (Å²) in [6.07, 6.45) is 3.48. The Morgan fingerprint density at radius 1 is 1.33 bits per heavy atom. The molecule has 1 aromatic heterocycles. The maximum Gasteiger partial charge on any atom is 0.260 e. The molecule has 0 aliphatic carbocycles. The summed E-state index contributed by atoms with van der Waals surface area (Å²) in [5.41, 5.74) is -0.435. The molecule has 0 bridgehead atoms. The number of carbonyl (C=O) groups is 2. The van der Waals surface area contributed by atoms with E-state index in [0.29, 0.717) is 0 Å². The first-order chi connectivity index (χ1) is 8.68. The van der Waals surface area contributed by atoms with Crippen molar-refractivity contribution in [2.75, 3.05) is 19.6 Å². The average Bonchev–Trinajstić information content (AvgIpc) is 2.90. The fourth-order valence-corrected chi connectivity index (χ4v) is 1.93. The van der Waals surface area contributed by atoms with Gasteiger partial charge in [0, 0.05) is 19.3 Å². The molecule has 1 aromatic rings. The van der Waals surface area contributed by atoms with E-state index in [1.165, 1.54) is 12.3 Å². The molecule has 2 N–H and O–H groups in total. The van der Waals surface area contributed by atoms with E-state index in [0.717, 1.165) is 25.9 Å². The molecule has 96 valence electrons. The van der Waals surface area contributed by atoms with Crippen molar-refractivity contribution in [2.24, 2.45) is 0 Å². The van der Waals surface area contributed by atoms with Crippen LogP contribution < -0.4 is 10.9 Å². The van der Waals surface area contributed by atoms with Gasteiger partial charge in [-0.3, -0.25) is 14.4 Å². The van der Waals surface area contributed by atoms with Crippen LogP contribution in [0, 0.1) is 0 Å². The maximum atomic E-state index is 11.7. The Morgan fingerprint density at radius 2 is 2.06 bits per heavy atom. The van der Waals surface area contributed by atoms with Crippen molar-refractivity contribution in [1.29, 1.82) is 0 Å². The highest BCUT2D eigenvalue weighted by atomic mass is 16.2. The molecule has 2 heterocycles. The number of carbonyl (C=O) groups excluding carboxylic acids is 2. The quantitative estimate of drug-likeness (QED) is 0.773. The second kappa shape index (κ2) is 5.48. The molecular weight excluding hydrogens is 234 g/mol. The molecule has 0 atom stereocenters. The monoisotopic (exact) mass is 249 g/mol. The summed E-state index contributed by atoms with van der Waals surface area (Å²) in [7, 11) is 0. The van der Waals surface area contributed by atoms with Crippen LogP contribution in [0.3, 0.4) is 0 Å². The number of amides is 2. The lowest BCUT2D eigenvalue weighted by molar-refractivity contribution is -0.129. The summed E-state index contributed by atoms with van der Waals surface area (Å²) >= 11 is 0. The van der Waals surface area contributed by atoms with E-state index < -0.39 is 11.5 Å². The van der Waals surface area contributed by atoms with Gasteiger partial charge in [-0.1, -0.05) is 0 Å². The van der Waals surface area contributed by atoms with Gasteiger partial charge in [-0.15, -0.1) is 0 Å². The minimum absolute atomic E-state index is 0.0201. The highest BCUT2D eigenvalue weighted by Gasteiger charge is 2.18. The zero-order valence-corrected chi connectivity index (χ0v) is 9.94. The molecule has 18 heavy (non-hydrogen) atoms. The molecular formula is C12H15N3O3. The van der Waals surface area contributed by atoms with Gasteiger partial charge in [0.2, 0.25) is 5.91 Å². The van der Waals surface area contributed by atoms with Crippen LogP contribution in [-0.2, 0) is 4.79 Å². The Hall–Kier alpha value is -2.11. The Morgan fingerprint density at radius 3 is 2.72 bits per heavy atom. The highest BCUT2D eigenvalue weighted by molar-refractivity contribution is 5.96. The molecule has 1 aliphatic heterocycles. The second-order valence-corrected chi connectivity index (χ2v) is 4.18. The lowest BCUT2D eigenvalue weighted by atomic mass is 10.2. The molecule has 2 amide bonds. The number of pyridine rings is 1. The van der Waals surface area contributed by atoms with Crippen LogP contribution in [-0.4, -0.2) is 41.3 Å². The molecule has 0 aromatic carbocycles. The minimum atomic E-state index is -0.524. The number of nitrogens with zero attached hydrogens (tertiary/aromatic N) is 1. The maximum absolute atomic E-state index is 11.7. The van der Waals surface area contributed by atoms with Gasteiger partial charge in [0.25, 0.3) is 11.5 Å². The van der Waals surface area contributed by atoms with Crippen LogP contribution in [0.1, 0.15) is 23.2 Å². The average molecular weight is 249 g/mol. The van der Waals surface area contributed by atoms with Gasteiger partial charge >= 0.3 is 0 Å². The van der Waals surface area contributed by atoms with Crippen molar-refractivity contribution in [3.8, 4) is 0 Å². The van der Waals surface area contributed by atoms with Crippen molar-refractivity contribution in [3.63, 3.8) is 0 Å². The lowest BCUT2D eigenvalue weighted by Gasteiger charge is -2.15. The molecule has 0 unspecified atom stereocenters. The van der Waals surface area contributed by atoms with E-state index in [-0.39, 0.29) is 18.0 Å². The summed E-state index contributed by atoms with van der Waals surface area (Å²) in [5.74, 6) is -0.627. The van der Waals surface area contributed by atoms with Gasteiger partial charge < -0.3 is 15.2 Å². The highest BCUT2D eigenvalue weighted by Crippen LogP contribution is 2.06. The predicted octanol–water partition coefficient (Wildman–Crippen LogP) is -0.273. The van der Waals surface area contributed by atoms with Gasteiger partial charge in [0.1, 0.15) is 5.56 Å². The SMILES string of the molecule is O=C(NCC(=O)N1CCCC1)c1ccc[nH]c1=O. The first-order valence-corrected chi connectivity index (χ1v) is 5.92. The van der Waals surface area contributed by atoms with E-state index in [1.807, 2.05) is 0 Å². The summed E-state index contributed by atoms with van der Waals surface area (Å²) in [6, 6.07) is 2.99. The molecule has 1 aliphatic rings. The number of hydrogen-bond donors (Lipinski definition) is 2. The lowest BCUT2D eigenvalue weighted by Crippen LogP contribution is -2.39. The van der Waals surface area contributed by atoms with Crippen LogP contribution in [0.5, 0.6) is 0 Å². The molecule has 1 fully saturated rings. The topological polar surface area (TPSA) is 82.3 Å². The van der Waals surface area contributed by atoms with E-state index in [1.54, 1.807) is 11.0 Å². The smallest absolute Gasteiger partial charge is 0.260 e. The fourth-order valence-electron chi connectivity index (χ4n) is 1.93. The number of aromatic amines is 1. The number of H-pyrrole nitrogens is 1. The third-order valence-electron chi connectivity index (χ3n) is 2.92. The summed E-state index contributed by atoms with van der Waals surface area (Å²) < 4.78 is 0. The first kappa shape index (κ1) is 12.3. The Balaban J connectivity index is 1.90. The van der Waals surface area contributed by atoms with Crippen LogP contribution >= 0.6 is 0 Å². The third-order valence-corrected chi connectivity index (χ3v) is 2.92. The van der Waals surface area contributed by atoms with E-state index in [4.69, 9.17) is 0 Å². The standard InChI is InChI=1S/C12H15N3O3/c16-10(15-6-1-2-7-15)8-14-12(18)9-4-3-5-13-11(9)17/h3-5H,1-2,6-8H2,(H,13,17)(H,14,18). The normalized spacial score (nSPS) is 14.6. The number of aromatic nitrogens is 1. The molecule has 1 saturated heterocycles. The summed E-state index contributed by atoms with van der Waals surface area (Å²) in [6.45, 7) is 1.44. The molecule has 0 spiro atoms. The minimum Gasteiger partial charge on any atom is -0.343 e. The molecule has 6 heteroatoms. The Kier molecular flexibility index (Phi) is 3.76. The first-order valence-electron chi connectivity index (χ1n) is 5.92. The van der Waals surface area contributed by atoms with Crippen LogP contribution in [0.4, 0.5) is 0 Å². The van der Waals surface area contributed by atoms with Gasteiger partial charge in [-0.2, -0.15) is 0 Å². The van der Waals surface area contributed by atoms with Crippen molar-refractivity contribution in [3.05, 3.63) is 34.2 Å². The van der Waals surface area contributed by atoms with Gasteiger partial charge in [-0.05, 0) is 25.0 Å². The Bertz CT molecular complexity index is 503. The van der Waals surface area contributed by atoms with Crippen molar-refractivity contribution in [1.82, 2.24) is 15.2 Å². The number of hydrogen-bond acceptors (Lipinski definition) is 3. The number of nitrogens with one attached hydrogen (secondary N) is 2. The fraction of sp³-hybridized carbons (Fsp3) is 0.417. The van der Waals surface area contributed by atoms with Crippen LogP contribution in [0.15, 0.2) is 23.1 Å². The van der Waals surface area contributed by atoms with Gasteiger partial charge in [0.05, 0.1) is 6.54 Å². The summed E-state index contributed by atoms with van der Waals surface area (Å²) in [4.78, 5) is 38.9. The van der Waals surface area contributed by atoms with Gasteiger partial charge in [-0.25, -0.2) is 0 Å². The number of rotatable bonds is 3. The van der Waals surface area contributed by atoms with Gasteiger partial charge in [0.15, 0.2) is 0 Å². The van der Waals surface area contributed by atoms with Crippen molar-refractivity contribution >= 4 is 11.8 Å². The predicted molar refractivity (Wildman–Crippen MR) is 65.2 cm³/mol. The van der Waals surface area contributed by atoms with Crippen LogP contribution in [0.2, 0.25) is 0 Å². The van der Waals surface area contributed by atoms with Crippen molar-refractivity contribution < 1.29 is 9.59 Å². The van der Waals surface area contributed by atoms with E-state index in [2.05, 4.69) is 10.3 Å². The second-order valence-electron chi connectivity index (χ2n) is 4.18. The molecule has 0 saturated carbocycles. The third kappa shape index (κ3) is 2.77. The van der Waals surface area contributed by atoms with E-state index in [9.17, 15) is 14.4 Å². The molecule has 0 radical (unpaired) electrons. The Labute approximate surface area is 104 Å². The zero-order valence-electron chi connectivity index (χ0n) is 9.94. The zero-order chi connectivity index (χ0) is 13.0. The largest absolute Gasteiger partial charge is 0.343 e. The summed E-state index contributed by atoms with van der Waals surface area (Å²) in [5, 5.41) is 2.47. The molecule has 6 nitrogen and oxygen atoms in total. The molecule has 2 rings (SSSR count). The van der Waals surface area contributed by atoms with E-state index >= 15 is 0 Å².